The van der Waals surface area contributed by atoms with E-state index < -0.39 is 0 Å². The van der Waals surface area contributed by atoms with Crippen molar-refractivity contribution in [3.63, 3.8) is 0 Å². The number of fused-ring (bicyclic) bond motifs is 2. The van der Waals surface area contributed by atoms with Gasteiger partial charge in [0.05, 0.1) is 0 Å². The van der Waals surface area contributed by atoms with Crippen LogP contribution < -0.4 is 4.90 Å². The molecule has 0 saturated heterocycles. The molecule has 0 aliphatic heterocycles. The molecule has 9 aromatic rings. The Hall–Kier alpha value is -6.64. The van der Waals surface area contributed by atoms with Crippen LogP contribution in [0.5, 0.6) is 0 Å². The van der Waals surface area contributed by atoms with Crippen LogP contribution in [-0.4, -0.2) is 0 Å². The molecule has 0 unspecified atom stereocenters. The zero-order valence-electron chi connectivity index (χ0n) is 27.4. The number of benzene rings is 8. The SMILES string of the molecule is c1ccc(-c2ccc(N(c3ccc(-c4cccc(-c5oc6ccccc6c5-c5ccccc5)c4)cc3)c3ccc4ccccc4c3)cc2)cc1. The first-order valence-corrected chi connectivity index (χ1v) is 17.0. The van der Waals surface area contributed by atoms with Crippen LogP contribution in [0.15, 0.2) is 205 Å². The molecule has 0 N–H and O–H groups in total. The highest BCUT2D eigenvalue weighted by molar-refractivity contribution is 6.02. The van der Waals surface area contributed by atoms with Crippen LogP contribution in [0.3, 0.4) is 0 Å². The molecule has 50 heavy (non-hydrogen) atoms. The van der Waals surface area contributed by atoms with Crippen molar-refractivity contribution in [3.05, 3.63) is 200 Å². The maximum Gasteiger partial charge on any atom is 0.143 e. The summed E-state index contributed by atoms with van der Waals surface area (Å²) in [4.78, 5) is 2.34. The molecule has 0 atom stereocenters. The summed E-state index contributed by atoms with van der Waals surface area (Å²) < 4.78 is 6.54. The minimum absolute atomic E-state index is 0.886. The van der Waals surface area contributed by atoms with E-state index in [2.05, 4.69) is 193 Å². The lowest BCUT2D eigenvalue weighted by atomic mass is 9.96. The summed E-state index contributed by atoms with van der Waals surface area (Å²) in [5, 5.41) is 3.56. The Labute approximate surface area is 292 Å². The molecule has 0 spiro atoms. The van der Waals surface area contributed by atoms with E-state index in [9.17, 15) is 0 Å². The van der Waals surface area contributed by atoms with Gasteiger partial charge >= 0.3 is 0 Å². The topological polar surface area (TPSA) is 16.4 Å². The van der Waals surface area contributed by atoms with E-state index >= 15 is 0 Å². The number of hydrogen-bond donors (Lipinski definition) is 0. The van der Waals surface area contributed by atoms with Crippen LogP contribution in [0.4, 0.5) is 17.1 Å². The van der Waals surface area contributed by atoms with Crippen molar-refractivity contribution in [3.8, 4) is 44.7 Å². The summed E-state index contributed by atoms with van der Waals surface area (Å²) in [7, 11) is 0. The zero-order valence-corrected chi connectivity index (χ0v) is 27.4. The largest absolute Gasteiger partial charge is 0.455 e. The smallest absolute Gasteiger partial charge is 0.143 e. The molecule has 2 nitrogen and oxygen atoms in total. The average molecular weight is 640 g/mol. The molecular formula is C48H33NO. The molecule has 9 rings (SSSR count). The van der Waals surface area contributed by atoms with Crippen LogP contribution >= 0.6 is 0 Å². The summed E-state index contributed by atoms with van der Waals surface area (Å²) in [5.41, 5.74) is 12.2. The third kappa shape index (κ3) is 5.53. The maximum absolute atomic E-state index is 6.54. The second-order valence-corrected chi connectivity index (χ2v) is 12.6. The van der Waals surface area contributed by atoms with Crippen molar-refractivity contribution in [1.82, 2.24) is 0 Å². The van der Waals surface area contributed by atoms with Crippen LogP contribution in [0.1, 0.15) is 0 Å². The van der Waals surface area contributed by atoms with Crippen LogP contribution in [0.2, 0.25) is 0 Å². The molecule has 0 radical (unpaired) electrons. The van der Waals surface area contributed by atoms with E-state index in [1.165, 1.54) is 21.9 Å². The lowest BCUT2D eigenvalue weighted by Crippen LogP contribution is -2.09. The highest BCUT2D eigenvalue weighted by Crippen LogP contribution is 2.42. The molecule has 1 heterocycles. The van der Waals surface area contributed by atoms with Crippen molar-refractivity contribution in [2.75, 3.05) is 4.90 Å². The van der Waals surface area contributed by atoms with Crippen LogP contribution in [0.25, 0.3) is 66.4 Å². The fraction of sp³-hybridized carbons (Fsp3) is 0. The molecule has 0 bridgehead atoms. The monoisotopic (exact) mass is 639 g/mol. The van der Waals surface area contributed by atoms with Gasteiger partial charge in [0, 0.05) is 33.6 Å². The van der Waals surface area contributed by atoms with Gasteiger partial charge in [0.1, 0.15) is 11.3 Å². The first-order chi connectivity index (χ1) is 24.8. The second kappa shape index (κ2) is 12.8. The summed E-state index contributed by atoms with van der Waals surface area (Å²) in [5.74, 6) is 0.886. The second-order valence-electron chi connectivity index (χ2n) is 12.6. The number of rotatable bonds is 7. The minimum atomic E-state index is 0.886. The minimum Gasteiger partial charge on any atom is -0.455 e. The number of hydrogen-bond acceptors (Lipinski definition) is 2. The Morgan fingerprint density at radius 1 is 0.320 bits per heavy atom. The van der Waals surface area contributed by atoms with Gasteiger partial charge in [0.2, 0.25) is 0 Å². The lowest BCUT2D eigenvalue weighted by molar-refractivity contribution is 0.632. The quantitative estimate of drug-likeness (QED) is 0.173. The Morgan fingerprint density at radius 3 is 1.56 bits per heavy atom. The predicted molar refractivity (Wildman–Crippen MR) is 210 cm³/mol. The third-order valence-electron chi connectivity index (χ3n) is 9.47. The molecule has 0 aliphatic carbocycles. The van der Waals surface area contributed by atoms with Crippen molar-refractivity contribution in [2.45, 2.75) is 0 Å². The summed E-state index contributed by atoms with van der Waals surface area (Å²) in [6.07, 6.45) is 0. The van der Waals surface area contributed by atoms with Crippen molar-refractivity contribution >= 4 is 38.8 Å². The van der Waals surface area contributed by atoms with E-state index in [0.717, 1.165) is 61.6 Å². The van der Waals surface area contributed by atoms with Crippen LogP contribution in [0, 0.1) is 0 Å². The van der Waals surface area contributed by atoms with Gasteiger partial charge in [0.15, 0.2) is 0 Å². The normalized spacial score (nSPS) is 11.2. The van der Waals surface area contributed by atoms with Crippen molar-refractivity contribution < 1.29 is 4.42 Å². The molecule has 1 aromatic heterocycles. The van der Waals surface area contributed by atoms with E-state index in [1.54, 1.807) is 0 Å². The molecule has 0 amide bonds. The number of furan rings is 1. The summed E-state index contributed by atoms with van der Waals surface area (Å²) >= 11 is 0. The van der Waals surface area contributed by atoms with Crippen molar-refractivity contribution in [1.29, 1.82) is 0 Å². The van der Waals surface area contributed by atoms with Gasteiger partial charge < -0.3 is 9.32 Å². The standard InChI is InChI=1S/C48H33NO/c1-3-12-34(13-4-1)36-22-27-42(28-23-36)49(44-31-26-35-14-7-8-17-40(35)33-44)43-29-24-37(25-30-43)39-18-11-19-41(32-39)48-47(38-15-5-2-6-16-38)45-20-9-10-21-46(45)50-48/h1-33H. The number of nitrogens with zero attached hydrogens (tertiary/aromatic N) is 1. The fourth-order valence-electron chi connectivity index (χ4n) is 6.98. The van der Waals surface area contributed by atoms with Gasteiger partial charge in [-0.2, -0.15) is 0 Å². The third-order valence-corrected chi connectivity index (χ3v) is 9.47. The molecule has 2 heteroatoms. The van der Waals surface area contributed by atoms with Crippen LogP contribution in [-0.2, 0) is 0 Å². The lowest BCUT2D eigenvalue weighted by Gasteiger charge is -2.26. The highest BCUT2D eigenvalue weighted by atomic mass is 16.3. The average Bonchev–Trinajstić information content (AvgIpc) is 3.59. The Kier molecular flexibility index (Phi) is 7.53. The van der Waals surface area contributed by atoms with Gasteiger partial charge in [-0.15, -0.1) is 0 Å². The van der Waals surface area contributed by atoms with Gasteiger partial charge in [-0.1, -0.05) is 152 Å². The van der Waals surface area contributed by atoms with E-state index in [1.807, 2.05) is 12.1 Å². The first-order valence-electron chi connectivity index (χ1n) is 17.0. The molecule has 8 aromatic carbocycles. The Morgan fingerprint density at radius 2 is 0.840 bits per heavy atom. The molecular weight excluding hydrogens is 607 g/mol. The Balaban J connectivity index is 1.10. The highest BCUT2D eigenvalue weighted by Gasteiger charge is 2.18. The number of anilines is 3. The van der Waals surface area contributed by atoms with Gasteiger partial charge in [-0.25, -0.2) is 0 Å². The molecule has 0 fully saturated rings. The summed E-state index contributed by atoms with van der Waals surface area (Å²) in [6.45, 7) is 0. The number of para-hydroxylation sites is 1. The fourth-order valence-corrected chi connectivity index (χ4v) is 6.98. The van der Waals surface area contributed by atoms with Gasteiger partial charge in [-0.3, -0.25) is 0 Å². The van der Waals surface area contributed by atoms with Gasteiger partial charge in [-0.05, 0) is 87.1 Å². The first kappa shape index (κ1) is 29.5. The zero-order chi connectivity index (χ0) is 33.3. The van der Waals surface area contributed by atoms with E-state index in [4.69, 9.17) is 4.42 Å². The predicted octanol–water partition coefficient (Wildman–Crippen LogP) is 13.7. The van der Waals surface area contributed by atoms with E-state index in [0.29, 0.717) is 0 Å². The van der Waals surface area contributed by atoms with Crippen molar-refractivity contribution in [2.24, 2.45) is 0 Å². The summed E-state index contributed by atoms with van der Waals surface area (Å²) in [6, 6.07) is 71.0. The van der Waals surface area contributed by atoms with Gasteiger partial charge in [0.25, 0.3) is 0 Å². The molecule has 0 aliphatic rings. The molecule has 0 saturated carbocycles. The maximum atomic E-state index is 6.54. The molecule has 236 valence electrons. The Bertz CT molecular complexity index is 2570. The van der Waals surface area contributed by atoms with E-state index in [-0.39, 0.29) is 0 Å².